The molecule has 180 valence electrons. The van der Waals surface area contributed by atoms with Crippen LogP contribution in [0, 0.1) is 4.78 Å². The Morgan fingerprint density at radius 3 is 1.97 bits per heavy atom. The fraction of sp³-hybridized carbons (Fsp3) is 0.556. The molecule has 2 fully saturated rings. The Morgan fingerprint density at radius 2 is 1.45 bits per heavy atom. The second-order valence-corrected chi connectivity index (χ2v) is 17.3. The summed E-state index contributed by atoms with van der Waals surface area (Å²) in [5.41, 5.74) is 0. The Bertz CT molecular complexity index is 960. The smallest absolute Gasteiger partial charge is 0.261 e. The molecule has 0 radical (unpaired) electrons. The lowest BCUT2D eigenvalue weighted by Gasteiger charge is -2.44. The van der Waals surface area contributed by atoms with E-state index in [2.05, 4.69) is 81.4 Å². The van der Waals surface area contributed by atoms with Crippen molar-refractivity contribution in [3.8, 4) is 0 Å². The molecule has 1 heterocycles. The van der Waals surface area contributed by atoms with Crippen molar-refractivity contribution in [2.24, 2.45) is 0 Å². The van der Waals surface area contributed by atoms with Crippen molar-refractivity contribution in [1.82, 2.24) is 4.31 Å². The molecule has 4 rings (SSSR count). The van der Waals surface area contributed by atoms with E-state index in [9.17, 15) is 4.21 Å². The highest BCUT2D eigenvalue weighted by Gasteiger charge is 2.51. The van der Waals surface area contributed by atoms with Crippen LogP contribution in [0.2, 0.25) is 5.04 Å². The first-order valence-corrected chi connectivity index (χ1v) is 16.0. The molecular formula is C27H40N2O2SSi. The van der Waals surface area contributed by atoms with Gasteiger partial charge in [0.1, 0.15) is 9.92 Å². The zero-order chi connectivity index (χ0) is 23.5. The van der Waals surface area contributed by atoms with Crippen molar-refractivity contribution < 1.29 is 8.63 Å². The predicted molar refractivity (Wildman–Crippen MR) is 141 cm³/mol. The van der Waals surface area contributed by atoms with Gasteiger partial charge in [-0.05, 0) is 41.1 Å². The second kappa shape index (κ2) is 10.0. The summed E-state index contributed by atoms with van der Waals surface area (Å²) in [6.45, 7) is 8.17. The van der Waals surface area contributed by atoms with E-state index in [1.807, 2.05) is 4.31 Å². The number of hydrogen-bond acceptors (Lipinski definition) is 3. The van der Waals surface area contributed by atoms with Gasteiger partial charge < -0.3 is 4.43 Å². The monoisotopic (exact) mass is 484 g/mol. The summed E-state index contributed by atoms with van der Waals surface area (Å²) in [6.07, 6.45) is 7.25. The minimum Gasteiger partial charge on any atom is -0.406 e. The Balaban J connectivity index is 1.66. The maximum absolute atomic E-state index is 13.8. The summed E-state index contributed by atoms with van der Waals surface area (Å²) < 4.78 is 31.9. The van der Waals surface area contributed by atoms with Crippen molar-refractivity contribution in [1.29, 1.82) is 4.78 Å². The molecule has 2 aromatic rings. The number of hydrogen-bond donors (Lipinski definition) is 1. The first kappa shape index (κ1) is 24.6. The van der Waals surface area contributed by atoms with Crippen molar-refractivity contribution in [3.05, 3.63) is 60.7 Å². The fourth-order valence-electron chi connectivity index (χ4n) is 5.89. The van der Waals surface area contributed by atoms with Gasteiger partial charge in [-0.25, -0.2) is 13.3 Å². The second-order valence-electron chi connectivity index (χ2n) is 10.7. The summed E-state index contributed by atoms with van der Waals surface area (Å²) in [6, 6.07) is 21.5. The van der Waals surface area contributed by atoms with E-state index < -0.39 is 18.2 Å². The third kappa shape index (κ3) is 4.86. The summed E-state index contributed by atoms with van der Waals surface area (Å²) in [4.78, 5) is 0. The van der Waals surface area contributed by atoms with Gasteiger partial charge in [0.25, 0.3) is 8.32 Å². The lowest BCUT2D eigenvalue weighted by atomic mass is 10.0. The van der Waals surface area contributed by atoms with Gasteiger partial charge in [-0.3, -0.25) is 0 Å². The molecule has 1 saturated carbocycles. The summed E-state index contributed by atoms with van der Waals surface area (Å²) in [5.74, 6) is 0. The van der Waals surface area contributed by atoms with E-state index in [0.717, 1.165) is 45.1 Å². The molecule has 1 unspecified atom stereocenters. The van der Waals surface area contributed by atoms with E-state index in [1.165, 1.54) is 16.8 Å². The first-order valence-electron chi connectivity index (χ1n) is 12.6. The fourth-order valence-corrected chi connectivity index (χ4v) is 12.9. The van der Waals surface area contributed by atoms with E-state index in [1.54, 1.807) is 0 Å². The van der Waals surface area contributed by atoms with Crippen LogP contribution in [0.3, 0.4) is 0 Å². The molecule has 1 aliphatic heterocycles. The molecular weight excluding hydrogens is 444 g/mol. The first-order chi connectivity index (χ1) is 15.8. The lowest BCUT2D eigenvalue weighted by Crippen LogP contribution is -2.67. The number of nitrogens with one attached hydrogen (secondary N) is 1. The largest absolute Gasteiger partial charge is 0.406 e. The third-order valence-corrected chi connectivity index (χ3v) is 15.1. The molecule has 0 spiro atoms. The molecule has 0 aromatic heterocycles. The Hall–Kier alpha value is -1.47. The maximum atomic E-state index is 13.8. The van der Waals surface area contributed by atoms with Crippen LogP contribution in [-0.2, 0) is 14.3 Å². The highest BCUT2D eigenvalue weighted by atomic mass is 32.2. The Kier molecular flexibility index (Phi) is 7.49. The van der Waals surface area contributed by atoms with Gasteiger partial charge in [-0.15, -0.1) is 0 Å². The van der Waals surface area contributed by atoms with Gasteiger partial charge in [0.2, 0.25) is 0 Å². The molecule has 33 heavy (non-hydrogen) atoms. The Labute approximate surface area is 202 Å². The van der Waals surface area contributed by atoms with Crippen LogP contribution in [0.25, 0.3) is 0 Å². The molecule has 0 amide bonds. The standard InChI is InChI=1S/C27H40N2O2SSi/c1-27(2,3)33(25-17-9-5-10-18-25,26-19-11-6-12-20-26)31-22-23-14-13-21-29(23)32(28,30)24-15-7-4-8-16-24/h5-6,9-12,17-20,23-24,28H,4,7-8,13-16,21-22H2,1-3H3/t23-,32?/m1/s1. The molecule has 4 nitrogen and oxygen atoms in total. The minimum absolute atomic E-state index is 0.0136. The predicted octanol–water partition coefficient (Wildman–Crippen LogP) is 5.32. The molecule has 1 aliphatic carbocycles. The zero-order valence-corrected chi connectivity index (χ0v) is 22.3. The van der Waals surface area contributed by atoms with Crippen LogP contribution < -0.4 is 10.4 Å². The van der Waals surface area contributed by atoms with Crippen molar-refractivity contribution in [2.45, 2.75) is 82.0 Å². The summed E-state index contributed by atoms with van der Waals surface area (Å²) in [5, 5.41) is 2.48. The molecule has 6 heteroatoms. The normalized spacial score (nSPS) is 22.8. The Morgan fingerprint density at radius 1 is 0.909 bits per heavy atom. The van der Waals surface area contributed by atoms with Crippen LogP contribution in [0.5, 0.6) is 0 Å². The number of benzene rings is 2. The molecule has 2 aliphatic rings. The van der Waals surface area contributed by atoms with Crippen LogP contribution in [0.4, 0.5) is 0 Å². The van der Waals surface area contributed by atoms with Crippen molar-refractivity contribution >= 4 is 28.6 Å². The van der Waals surface area contributed by atoms with Crippen LogP contribution in [0.15, 0.2) is 60.7 Å². The quantitative estimate of drug-likeness (QED) is 0.541. The van der Waals surface area contributed by atoms with E-state index in [4.69, 9.17) is 9.21 Å². The third-order valence-electron chi connectivity index (χ3n) is 7.58. The average Bonchev–Trinajstić information content (AvgIpc) is 3.30. The van der Waals surface area contributed by atoms with Gasteiger partial charge in [-0.1, -0.05) is 101 Å². The van der Waals surface area contributed by atoms with Crippen LogP contribution in [-0.4, -0.2) is 41.3 Å². The molecule has 2 aromatic carbocycles. The van der Waals surface area contributed by atoms with Crippen LogP contribution >= 0.6 is 0 Å². The maximum Gasteiger partial charge on any atom is 0.261 e. The lowest BCUT2D eigenvalue weighted by molar-refractivity contribution is 0.222. The van der Waals surface area contributed by atoms with Gasteiger partial charge in [0.15, 0.2) is 0 Å². The summed E-state index contributed by atoms with van der Waals surface area (Å²) in [7, 11) is -5.40. The zero-order valence-electron chi connectivity index (χ0n) is 20.5. The SMILES string of the molecule is CC(C)(C)[Si](OC[C@H]1CCCN1S(=N)(=O)C1CCCCC1)(c1ccccc1)c1ccccc1. The van der Waals surface area contributed by atoms with Crippen LogP contribution in [0.1, 0.15) is 65.7 Å². The molecule has 1 saturated heterocycles. The van der Waals surface area contributed by atoms with Gasteiger partial charge in [-0.2, -0.15) is 0 Å². The number of rotatable bonds is 7. The number of nitrogens with zero attached hydrogens (tertiary/aromatic N) is 1. The topological polar surface area (TPSA) is 53.4 Å². The van der Waals surface area contributed by atoms with E-state index in [0.29, 0.717) is 6.61 Å². The van der Waals surface area contributed by atoms with E-state index in [-0.39, 0.29) is 16.3 Å². The van der Waals surface area contributed by atoms with Crippen molar-refractivity contribution in [3.63, 3.8) is 0 Å². The highest BCUT2D eigenvalue weighted by Crippen LogP contribution is 2.38. The van der Waals surface area contributed by atoms with E-state index >= 15 is 0 Å². The molecule has 2 atom stereocenters. The highest BCUT2D eigenvalue weighted by molar-refractivity contribution is 7.90. The van der Waals surface area contributed by atoms with Gasteiger partial charge in [0.05, 0.1) is 11.9 Å². The van der Waals surface area contributed by atoms with Gasteiger partial charge in [0, 0.05) is 12.6 Å². The molecule has 0 bridgehead atoms. The average molecular weight is 485 g/mol. The van der Waals surface area contributed by atoms with Gasteiger partial charge >= 0.3 is 0 Å². The minimum atomic E-state index is -2.77. The van der Waals surface area contributed by atoms with Crippen molar-refractivity contribution in [2.75, 3.05) is 13.2 Å². The summed E-state index contributed by atoms with van der Waals surface area (Å²) >= 11 is 0. The molecule has 1 N–H and O–H groups in total.